The molecule has 0 radical (unpaired) electrons. The van der Waals surface area contributed by atoms with Crippen molar-refractivity contribution >= 4 is 11.0 Å². The Bertz CT molecular complexity index is 738. The monoisotopic (exact) mass is 352 g/mol. The van der Waals surface area contributed by atoms with Gasteiger partial charge >= 0.3 is 0 Å². The number of allylic oxidation sites excluding steroid dienone is 1. The second-order valence-corrected chi connectivity index (χ2v) is 8.80. The Kier molecular flexibility index (Phi) is 5.12. The molecule has 0 spiro atoms. The van der Waals surface area contributed by atoms with Crippen molar-refractivity contribution < 1.29 is 0 Å². The third kappa shape index (κ3) is 4.01. The molecule has 2 heterocycles. The summed E-state index contributed by atoms with van der Waals surface area (Å²) in [4.78, 5) is 12.4. The SMILES string of the molecule is CC1=C[C@@H](CNCC2CC2)[C@H](C(C)C)C[C@H]1Cc1nc2ccncc2[nH]1. The summed E-state index contributed by atoms with van der Waals surface area (Å²) in [5.41, 5.74) is 3.61. The van der Waals surface area contributed by atoms with E-state index in [9.17, 15) is 0 Å². The summed E-state index contributed by atoms with van der Waals surface area (Å²) >= 11 is 0. The van der Waals surface area contributed by atoms with E-state index in [1.165, 1.54) is 25.8 Å². The van der Waals surface area contributed by atoms with Gasteiger partial charge in [-0.25, -0.2) is 4.98 Å². The summed E-state index contributed by atoms with van der Waals surface area (Å²) in [6.07, 6.45) is 11.4. The van der Waals surface area contributed by atoms with Gasteiger partial charge < -0.3 is 10.3 Å². The summed E-state index contributed by atoms with van der Waals surface area (Å²) in [5, 5.41) is 3.73. The first-order valence-electron chi connectivity index (χ1n) is 10.3. The smallest absolute Gasteiger partial charge is 0.107 e. The van der Waals surface area contributed by atoms with Crippen molar-refractivity contribution in [2.24, 2.45) is 29.6 Å². The second kappa shape index (κ2) is 7.51. The van der Waals surface area contributed by atoms with Crippen LogP contribution in [-0.4, -0.2) is 28.0 Å². The molecule has 0 aromatic carbocycles. The highest BCUT2D eigenvalue weighted by atomic mass is 14.9. The lowest BCUT2D eigenvalue weighted by atomic mass is 9.70. The van der Waals surface area contributed by atoms with Crippen molar-refractivity contribution in [2.45, 2.75) is 46.5 Å². The lowest BCUT2D eigenvalue weighted by molar-refractivity contribution is 0.221. The Morgan fingerprint density at radius 1 is 1.27 bits per heavy atom. The molecule has 0 unspecified atom stereocenters. The number of H-pyrrole nitrogens is 1. The fourth-order valence-electron chi connectivity index (χ4n) is 4.52. The van der Waals surface area contributed by atoms with Gasteiger partial charge in [-0.2, -0.15) is 0 Å². The molecule has 2 aromatic heterocycles. The molecule has 2 aliphatic carbocycles. The quantitative estimate of drug-likeness (QED) is 0.728. The van der Waals surface area contributed by atoms with Gasteiger partial charge in [-0.15, -0.1) is 0 Å². The number of hydrogen-bond donors (Lipinski definition) is 2. The predicted octanol–water partition coefficient (Wildman–Crippen LogP) is 4.35. The van der Waals surface area contributed by atoms with E-state index in [2.05, 4.69) is 42.1 Å². The summed E-state index contributed by atoms with van der Waals surface area (Å²) < 4.78 is 0. The molecule has 140 valence electrons. The zero-order valence-corrected chi connectivity index (χ0v) is 16.3. The molecular weight excluding hydrogens is 320 g/mol. The molecule has 0 saturated heterocycles. The fourth-order valence-corrected chi connectivity index (χ4v) is 4.52. The predicted molar refractivity (Wildman–Crippen MR) is 107 cm³/mol. The van der Waals surface area contributed by atoms with E-state index in [1.54, 1.807) is 5.57 Å². The number of fused-ring (bicyclic) bond motifs is 1. The molecule has 1 saturated carbocycles. The Balaban J connectivity index is 1.45. The van der Waals surface area contributed by atoms with E-state index in [-0.39, 0.29) is 0 Å². The van der Waals surface area contributed by atoms with E-state index < -0.39 is 0 Å². The fraction of sp³-hybridized carbons (Fsp3) is 0.636. The van der Waals surface area contributed by atoms with E-state index in [1.807, 2.05) is 18.5 Å². The number of aromatic nitrogens is 3. The van der Waals surface area contributed by atoms with Gasteiger partial charge in [0.15, 0.2) is 0 Å². The van der Waals surface area contributed by atoms with Crippen molar-refractivity contribution in [3.05, 3.63) is 35.9 Å². The average molecular weight is 353 g/mol. The molecule has 4 rings (SSSR count). The maximum atomic E-state index is 4.77. The lowest BCUT2D eigenvalue weighted by Gasteiger charge is -2.37. The van der Waals surface area contributed by atoms with Gasteiger partial charge in [-0.1, -0.05) is 25.5 Å². The molecular formula is C22H32N4. The molecule has 26 heavy (non-hydrogen) atoms. The number of nitrogens with one attached hydrogen (secondary N) is 2. The minimum atomic E-state index is 0.593. The van der Waals surface area contributed by atoms with Crippen LogP contribution in [0.4, 0.5) is 0 Å². The van der Waals surface area contributed by atoms with Crippen LogP contribution in [0.15, 0.2) is 30.1 Å². The van der Waals surface area contributed by atoms with Crippen molar-refractivity contribution in [2.75, 3.05) is 13.1 Å². The molecule has 0 bridgehead atoms. The largest absolute Gasteiger partial charge is 0.341 e. The molecule has 2 N–H and O–H groups in total. The van der Waals surface area contributed by atoms with Gasteiger partial charge in [0.05, 0.1) is 17.2 Å². The molecule has 2 aliphatic rings. The van der Waals surface area contributed by atoms with E-state index in [0.717, 1.165) is 47.6 Å². The highest BCUT2D eigenvalue weighted by Gasteiger charge is 2.32. The van der Waals surface area contributed by atoms with Crippen LogP contribution in [-0.2, 0) is 6.42 Å². The number of aromatic amines is 1. The Morgan fingerprint density at radius 2 is 2.12 bits per heavy atom. The standard InChI is InChI=1S/C22H32N4/c1-14(2)19-9-17(10-22-25-20-6-7-23-13-21(20)26-22)15(3)8-18(19)12-24-11-16-4-5-16/h6-8,13-14,16-19,24H,4-5,9-12H2,1-3H3,(H,25,26)/t17-,18-,19-/m0/s1. The van der Waals surface area contributed by atoms with Gasteiger partial charge in [-0.05, 0) is 68.4 Å². The van der Waals surface area contributed by atoms with Crippen LogP contribution in [0.3, 0.4) is 0 Å². The maximum absolute atomic E-state index is 4.77. The van der Waals surface area contributed by atoms with Crippen LogP contribution < -0.4 is 5.32 Å². The zero-order valence-electron chi connectivity index (χ0n) is 16.3. The Morgan fingerprint density at radius 3 is 2.85 bits per heavy atom. The number of imidazole rings is 1. The van der Waals surface area contributed by atoms with Crippen LogP contribution in [0.5, 0.6) is 0 Å². The molecule has 0 amide bonds. The van der Waals surface area contributed by atoms with E-state index in [4.69, 9.17) is 4.98 Å². The first kappa shape index (κ1) is 17.7. The van der Waals surface area contributed by atoms with Crippen molar-refractivity contribution in [3.8, 4) is 0 Å². The molecule has 1 fully saturated rings. The summed E-state index contributed by atoms with van der Waals surface area (Å²) in [6.45, 7) is 9.44. The molecule has 0 aliphatic heterocycles. The third-order valence-corrected chi connectivity index (χ3v) is 6.37. The first-order valence-corrected chi connectivity index (χ1v) is 10.3. The second-order valence-electron chi connectivity index (χ2n) is 8.80. The average Bonchev–Trinajstić information content (AvgIpc) is 3.34. The first-order chi connectivity index (χ1) is 12.6. The minimum Gasteiger partial charge on any atom is -0.341 e. The van der Waals surface area contributed by atoms with Gasteiger partial charge in [0.25, 0.3) is 0 Å². The Hall–Kier alpha value is -1.68. The molecule has 4 heteroatoms. The van der Waals surface area contributed by atoms with Gasteiger partial charge in [0.2, 0.25) is 0 Å². The normalized spacial score (nSPS) is 26.5. The highest BCUT2D eigenvalue weighted by molar-refractivity contribution is 5.73. The number of pyridine rings is 1. The van der Waals surface area contributed by atoms with Crippen LogP contribution in [0.2, 0.25) is 0 Å². The number of nitrogens with zero attached hydrogens (tertiary/aromatic N) is 2. The molecule has 4 nitrogen and oxygen atoms in total. The number of hydrogen-bond acceptors (Lipinski definition) is 3. The summed E-state index contributed by atoms with van der Waals surface area (Å²) in [6, 6.07) is 1.98. The zero-order chi connectivity index (χ0) is 18.1. The summed E-state index contributed by atoms with van der Waals surface area (Å²) in [7, 11) is 0. The third-order valence-electron chi connectivity index (χ3n) is 6.37. The van der Waals surface area contributed by atoms with Crippen LogP contribution in [0.25, 0.3) is 11.0 Å². The van der Waals surface area contributed by atoms with Gasteiger partial charge in [0.1, 0.15) is 5.82 Å². The van der Waals surface area contributed by atoms with Gasteiger partial charge in [-0.3, -0.25) is 4.98 Å². The van der Waals surface area contributed by atoms with Crippen molar-refractivity contribution in [1.29, 1.82) is 0 Å². The molecule has 2 aromatic rings. The topological polar surface area (TPSA) is 53.6 Å². The maximum Gasteiger partial charge on any atom is 0.107 e. The van der Waals surface area contributed by atoms with E-state index in [0.29, 0.717) is 11.8 Å². The van der Waals surface area contributed by atoms with E-state index >= 15 is 0 Å². The van der Waals surface area contributed by atoms with Crippen LogP contribution in [0, 0.1) is 29.6 Å². The van der Waals surface area contributed by atoms with Crippen molar-refractivity contribution in [3.63, 3.8) is 0 Å². The van der Waals surface area contributed by atoms with Crippen molar-refractivity contribution in [1.82, 2.24) is 20.3 Å². The summed E-state index contributed by atoms with van der Waals surface area (Å²) in [5.74, 6) is 4.78. The number of rotatable bonds is 7. The minimum absolute atomic E-state index is 0.593. The van der Waals surface area contributed by atoms with Crippen LogP contribution in [0.1, 0.15) is 45.9 Å². The highest BCUT2D eigenvalue weighted by Crippen LogP contribution is 2.38. The Labute approximate surface area is 156 Å². The lowest BCUT2D eigenvalue weighted by Crippen LogP contribution is -2.35. The van der Waals surface area contributed by atoms with Crippen LogP contribution >= 0.6 is 0 Å². The van der Waals surface area contributed by atoms with Gasteiger partial charge in [0, 0.05) is 19.2 Å². The molecule has 3 atom stereocenters.